The maximum Gasteiger partial charge on any atom is 0.317 e. The quantitative estimate of drug-likeness (QED) is 0.838. The van der Waals surface area contributed by atoms with Crippen molar-refractivity contribution in [1.29, 1.82) is 0 Å². The molecular formula is C16H28N2O3. The van der Waals surface area contributed by atoms with Crippen LogP contribution in [0.2, 0.25) is 0 Å². The van der Waals surface area contributed by atoms with Crippen molar-refractivity contribution in [2.75, 3.05) is 13.1 Å². The first-order valence-corrected chi connectivity index (χ1v) is 8.27. The molecule has 0 bridgehead atoms. The topological polar surface area (TPSA) is 69.6 Å². The predicted octanol–water partition coefficient (Wildman–Crippen LogP) is 2.85. The zero-order valence-electron chi connectivity index (χ0n) is 13.2. The number of carbonyl (C=O) groups is 2. The highest BCUT2D eigenvalue weighted by atomic mass is 16.4. The molecule has 5 heteroatoms. The Hall–Kier alpha value is -1.26. The minimum absolute atomic E-state index is 0.0929. The van der Waals surface area contributed by atoms with E-state index >= 15 is 0 Å². The summed E-state index contributed by atoms with van der Waals surface area (Å²) < 4.78 is 0. The fourth-order valence-electron chi connectivity index (χ4n) is 3.70. The zero-order chi connectivity index (χ0) is 15.5. The van der Waals surface area contributed by atoms with E-state index in [0.717, 1.165) is 0 Å². The van der Waals surface area contributed by atoms with Crippen LogP contribution in [0.3, 0.4) is 0 Å². The SMILES string of the molecule is CCC1(C(=O)O)CCN(C(=O)NC(C)C2CCCCC2)C1. The van der Waals surface area contributed by atoms with Crippen LogP contribution in [0.5, 0.6) is 0 Å². The molecule has 120 valence electrons. The number of urea groups is 1. The third kappa shape index (κ3) is 3.50. The molecule has 0 aromatic heterocycles. The second-order valence-corrected chi connectivity index (χ2v) is 6.75. The molecular weight excluding hydrogens is 268 g/mol. The van der Waals surface area contributed by atoms with E-state index in [1.54, 1.807) is 4.90 Å². The molecule has 2 atom stereocenters. The lowest BCUT2D eigenvalue weighted by atomic mass is 9.84. The van der Waals surface area contributed by atoms with Gasteiger partial charge < -0.3 is 15.3 Å². The first kappa shape index (κ1) is 16.1. The lowest BCUT2D eigenvalue weighted by Gasteiger charge is -2.30. The van der Waals surface area contributed by atoms with Gasteiger partial charge in [0.25, 0.3) is 0 Å². The highest BCUT2D eigenvalue weighted by Crippen LogP contribution is 2.34. The lowest BCUT2D eigenvalue weighted by molar-refractivity contribution is -0.148. The van der Waals surface area contributed by atoms with E-state index in [0.29, 0.717) is 31.8 Å². The Morgan fingerprint density at radius 1 is 1.33 bits per heavy atom. The summed E-state index contributed by atoms with van der Waals surface area (Å²) in [6.45, 7) is 4.85. The van der Waals surface area contributed by atoms with Gasteiger partial charge in [-0.1, -0.05) is 26.2 Å². The third-order valence-electron chi connectivity index (χ3n) is 5.48. The summed E-state index contributed by atoms with van der Waals surface area (Å²) >= 11 is 0. The first-order chi connectivity index (χ1) is 9.98. The Balaban J connectivity index is 1.88. The Bertz CT molecular complexity index is 393. The van der Waals surface area contributed by atoms with Gasteiger partial charge in [0.15, 0.2) is 0 Å². The largest absolute Gasteiger partial charge is 0.481 e. The summed E-state index contributed by atoms with van der Waals surface area (Å²) in [6.07, 6.45) is 7.33. The third-order valence-corrected chi connectivity index (χ3v) is 5.48. The van der Waals surface area contributed by atoms with Gasteiger partial charge in [-0.15, -0.1) is 0 Å². The van der Waals surface area contributed by atoms with Crippen molar-refractivity contribution in [2.24, 2.45) is 11.3 Å². The minimum atomic E-state index is -0.777. The van der Waals surface area contributed by atoms with E-state index < -0.39 is 11.4 Å². The normalized spacial score (nSPS) is 28.4. The number of hydrogen-bond acceptors (Lipinski definition) is 2. The van der Waals surface area contributed by atoms with Crippen molar-refractivity contribution < 1.29 is 14.7 Å². The van der Waals surface area contributed by atoms with Gasteiger partial charge in [0.1, 0.15) is 0 Å². The first-order valence-electron chi connectivity index (χ1n) is 8.27. The van der Waals surface area contributed by atoms with Crippen molar-refractivity contribution >= 4 is 12.0 Å². The number of amides is 2. The number of nitrogens with one attached hydrogen (secondary N) is 1. The Kier molecular flexibility index (Phi) is 5.12. The molecule has 0 aromatic carbocycles. The molecule has 0 aromatic rings. The number of hydrogen-bond donors (Lipinski definition) is 2. The number of rotatable bonds is 4. The molecule has 0 spiro atoms. The average Bonchev–Trinajstić information content (AvgIpc) is 2.94. The van der Waals surface area contributed by atoms with Crippen molar-refractivity contribution in [3.05, 3.63) is 0 Å². The highest BCUT2D eigenvalue weighted by molar-refractivity contribution is 5.79. The summed E-state index contributed by atoms with van der Waals surface area (Å²) in [5, 5.41) is 12.5. The molecule has 2 rings (SSSR count). The van der Waals surface area contributed by atoms with Crippen LogP contribution in [0.4, 0.5) is 4.79 Å². The molecule has 2 aliphatic rings. The lowest BCUT2D eigenvalue weighted by Crippen LogP contribution is -2.47. The van der Waals surface area contributed by atoms with Gasteiger partial charge in [-0.25, -0.2) is 4.79 Å². The van der Waals surface area contributed by atoms with Crippen LogP contribution in [0.15, 0.2) is 0 Å². The molecule has 1 aliphatic heterocycles. The Labute approximate surface area is 127 Å². The van der Waals surface area contributed by atoms with E-state index in [2.05, 4.69) is 12.2 Å². The molecule has 5 nitrogen and oxygen atoms in total. The van der Waals surface area contributed by atoms with Gasteiger partial charge in [0, 0.05) is 19.1 Å². The predicted molar refractivity (Wildman–Crippen MR) is 81.1 cm³/mol. The molecule has 1 saturated heterocycles. The van der Waals surface area contributed by atoms with Crippen molar-refractivity contribution in [2.45, 2.75) is 64.8 Å². The minimum Gasteiger partial charge on any atom is -0.481 e. The molecule has 2 amide bonds. The summed E-state index contributed by atoms with van der Waals surface area (Å²) in [7, 11) is 0. The molecule has 2 unspecified atom stereocenters. The molecule has 2 N–H and O–H groups in total. The maximum absolute atomic E-state index is 12.3. The summed E-state index contributed by atoms with van der Waals surface area (Å²) in [4.78, 5) is 25.5. The smallest absolute Gasteiger partial charge is 0.317 e. The monoisotopic (exact) mass is 296 g/mol. The number of carboxylic acids is 1. The zero-order valence-corrected chi connectivity index (χ0v) is 13.2. The molecule has 2 fully saturated rings. The van der Waals surface area contributed by atoms with Gasteiger partial charge in [-0.2, -0.15) is 0 Å². The van der Waals surface area contributed by atoms with Gasteiger partial charge in [-0.05, 0) is 38.5 Å². The average molecular weight is 296 g/mol. The van der Waals surface area contributed by atoms with Gasteiger partial charge in [0.2, 0.25) is 0 Å². The molecule has 21 heavy (non-hydrogen) atoms. The van der Waals surface area contributed by atoms with E-state index in [4.69, 9.17) is 0 Å². The summed E-state index contributed by atoms with van der Waals surface area (Å²) in [5.41, 5.74) is -0.745. The van der Waals surface area contributed by atoms with Crippen LogP contribution in [0.25, 0.3) is 0 Å². The van der Waals surface area contributed by atoms with Crippen LogP contribution >= 0.6 is 0 Å². The van der Waals surface area contributed by atoms with Crippen LogP contribution < -0.4 is 5.32 Å². The fourth-order valence-corrected chi connectivity index (χ4v) is 3.70. The van der Waals surface area contributed by atoms with Crippen molar-refractivity contribution in [1.82, 2.24) is 10.2 Å². The standard InChI is InChI=1S/C16H28N2O3/c1-3-16(14(19)20)9-10-18(11-16)15(21)17-12(2)13-7-5-4-6-8-13/h12-13H,3-11H2,1-2H3,(H,17,21)(H,19,20). The summed E-state index contributed by atoms with van der Waals surface area (Å²) in [5.74, 6) is -0.207. The molecule has 1 heterocycles. The number of nitrogens with zero attached hydrogens (tertiary/aromatic N) is 1. The van der Waals surface area contributed by atoms with Crippen molar-refractivity contribution in [3.63, 3.8) is 0 Å². The molecule has 1 saturated carbocycles. The second-order valence-electron chi connectivity index (χ2n) is 6.75. The molecule has 0 radical (unpaired) electrons. The van der Waals surface area contributed by atoms with Crippen LogP contribution in [0, 0.1) is 11.3 Å². The Morgan fingerprint density at radius 2 is 2.00 bits per heavy atom. The van der Waals surface area contributed by atoms with Gasteiger partial charge in [-0.3, -0.25) is 4.79 Å². The van der Waals surface area contributed by atoms with Gasteiger partial charge >= 0.3 is 12.0 Å². The maximum atomic E-state index is 12.3. The van der Waals surface area contributed by atoms with Crippen LogP contribution in [-0.2, 0) is 4.79 Å². The van der Waals surface area contributed by atoms with Crippen molar-refractivity contribution in [3.8, 4) is 0 Å². The Morgan fingerprint density at radius 3 is 2.52 bits per heavy atom. The van der Waals surface area contributed by atoms with E-state index in [-0.39, 0.29) is 12.1 Å². The van der Waals surface area contributed by atoms with Crippen LogP contribution in [-0.4, -0.2) is 41.1 Å². The van der Waals surface area contributed by atoms with E-state index in [1.165, 1.54) is 32.1 Å². The number of carbonyl (C=O) groups excluding carboxylic acids is 1. The fraction of sp³-hybridized carbons (Fsp3) is 0.875. The number of likely N-dealkylation sites (tertiary alicyclic amines) is 1. The van der Waals surface area contributed by atoms with Crippen LogP contribution in [0.1, 0.15) is 58.8 Å². The number of carboxylic acid groups (broad SMARTS) is 1. The van der Waals surface area contributed by atoms with Gasteiger partial charge in [0.05, 0.1) is 5.41 Å². The van der Waals surface area contributed by atoms with E-state index in [9.17, 15) is 14.7 Å². The number of aliphatic carboxylic acids is 1. The summed E-state index contributed by atoms with van der Waals surface area (Å²) in [6, 6.07) is 0.0869. The second kappa shape index (κ2) is 6.67. The van der Waals surface area contributed by atoms with E-state index in [1.807, 2.05) is 6.92 Å². The highest BCUT2D eigenvalue weighted by Gasteiger charge is 2.45. The molecule has 1 aliphatic carbocycles.